The van der Waals surface area contributed by atoms with Crippen LogP contribution in [0.4, 0.5) is 11.4 Å². The molecule has 4 heterocycles. The molecule has 0 radical (unpaired) electrons. The molecule has 2 aliphatic rings. The van der Waals surface area contributed by atoms with Crippen LogP contribution in [0.2, 0.25) is 0 Å². The van der Waals surface area contributed by atoms with Crippen LogP contribution in [0, 0.1) is 5.92 Å². The number of carbonyl (C=O) groups is 2. The zero-order valence-electron chi connectivity index (χ0n) is 22.0. The number of hydrogen-bond donors (Lipinski definition) is 2. The smallest absolute Gasteiger partial charge is 0.251 e. The zero-order chi connectivity index (χ0) is 27.5. The van der Waals surface area contributed by atoms with Crippen molar-refractivity contribution in [2.24, 2.45) is 5.92 Å². The molecule has 2 amide bonds. The molecule has 2 atom stereocenters. The van der Waals surface area contributed by atoms with Crippen LogP contribution in [-0.2, 0) is 17.9 Å². The molecule has 1 fully saturated rings. The summed E-state index contributed by atoms with van der Waals surface area (Å²) in [5.74, 6) is 0.626. The molecular formula is C32H30N4O4. The Bertz CT molecular complexity index is 1610. The molecule has 0 spiro atoms. The van der Waals surface area contributed by atoms with E-state index in [0.29, 0.717) is 36.0 Å². The average molecular weight is 535 g/mol. The number of nitrogens with zero attached hydrogens (tertiary/aromatic N) is 2. The molecule has 0 aliphatic carbocycles. The summed E-state index contributed by atoms with van der Waals surface area (Å²) in [6, 6.07) is 24.1. The van der Waals surface area contributed by atoms with Crippen molar-refractivity contribution in [3.05, 3.63) is 124 Å². The van der Waals surface area contributed by atoms with Crippen LogP contribution in [0.3, 0.4) is 0 Å². The highest BCUT2D eigenvalue weighted by Crippen LogP contribution is 2.39. The molecule has 1 saturated heterocycles. The summed E-state index contributed by atoms with van der Waals surface area (Å²) in [4.78, 5) is 40.7. The minimum absolute atomic E-state index is 0.0451. The number of amides is 2. The fourth-order valence-corrected chi connectivity index (χ4v) is 5.74. The van der Waals surface area contributed by atoms with Gasteiger partial charge in [-0.05, 0) is 60.4 Å². The number of carbonyl (C=O) groups excluding carboxylic acids is 2. The van der Waals surface area contributed by atoms with E-state index >= 15 is 0 Å². The number of anilines is 2. The van der Waals surface area contributed by atoms with Crippen molar-refractivity contribution >= 4 is 29.3 Å². The van der Waals surface area contributed by atoms with Gasteiger partial charge < -0.3 is 24.5 Å². The largest absolute Gasteiger partial charge is 0.467 e. The van der Waals surface area contributed by atoms with Gasteiger partial charge in [0.1, 0.15) is 5.76 Å². The van der Waals surface area contributed by atoms with Gasteiger partial charge in [0.15, 0.2) is 0 Å². The van der Waals surface area contributed by atoms with Crippen LogP contribution >= 0.6 is 0 Å². The van der Waals surface area contributed by atoms with Crippen LogP contribution in [0.15, 0.2) is 100 Å². The van der Waals surface area contributed by atoms with Gasteiger partial charge in [0.2, 0.25) is 5.91 Å². The normalized spacial score (nSPS) is 17.9. The molecule has 0 saturated carbocycles. The van der Waals surface area contributed by atoms with Gasteiger partial charge in [-0.25, -0.2) is 0 Å². The van der Waals surface area contributed by atoms with Crippen molar-refractivity contribution in [3.8, 4) is 0 Å². The highest BCUT2D eigenvalue weighted by atomic mass is 16.3. The fourth-order valence-electron chi connectivity index (χ4n) is 5.74. The maximum Gasteiger partial charge on any atom is 0.251 e. The first-order chi connectivity index (χ1) is 19.5. The van der Waals surface area contributed by atoms with Gasteiger partial charge in [0.25, 0.3) is 11.5 Å². The maximum absolute atomic E-state index is 13.0. The number of piperidine rings is 1. The summed E-state index contributed by atoms with van der Waals surface area (Å²) in [5, 5.41) is 5.89. The van der Waals surface area contributed by atoms with Crippen molar-refractivity contribution in [2.75, 3.05) is 23.3 Å². The summed E-state index contributed by atoms with van der Waals surface area (Å²) < 4.78 is 7.22. The van der Waals surface area contributed by atoms with Gasteiger partial charge in [0, 0.05) is 49.0 Å². The van der Waals surface area contributed by atoms with E-state index in [4.69, 9.17) is 4.42 Å². The summed E-state index contributed by atoms with van der Waals surface area (Å²) in [7, 11) is 0. The Kier molecular flexibility index (Phi) is 7.06. The summed E-state index contributed by atoms with van der Waals surface area (Å²) in [6.07, 6.45) is 5.84. The first-order valence-electron chi connectivity index (χ1n) is 13.5. The van der Waals surface area contributed by atoms with Crippen molar-refractivity contribution in [3.63, 3.8) is 0 Å². The molecular weight excluding hydrogens is 504 g/mol. The molecule has 2 bridgehead atoms. The molecule has 40 heavy (non-hydrogen) atoms. The molecule has 6 rings (SSSR count). The van der Waals surface area contributed by atoms with E-state index in [1.165, 1.54) is 6.08 Å². The topological polar surface area (TPSA) is 96.6 Å². The molecule has 2 unspecified atom stereocenters. The van der Waals surface area contributed by atoms with Crippen molar-refractivity contribution < 1.29 is 14.0 Å². The van der Waals surface area contributed by atoms with Gasteiger partial charge in [-0.1, -0.05) is 36.4 Å². The Labute approximate surface area is 231 Å². The van der Waals surface area contributed by atoms with Gasteiger partial charge in [0.05, 0.1) is 24.2 Å². The molecule has 4 aromatic rings. The Morgan fingerprint density at radius 1 is 0.950 bits per heavy atom. The molecule has 2 aliphatic heterocycles. The first kappa shape index (κ1) is 25.4. The fraction of sp³-hybridized carbons (Fsp3) is 0.219. The van der Waals surface area contributed by atoms with E-state index in [9.17, 15) is 14.4 Å². The lowest BCUT2D eigenvalue weighted by molar-refractivity contribution is -0.111. The Hall–Kier alpha value is -4.85. The van der Waals surface area contributed by atoms with E-state index in [2.05, 4.69) is 15.5 Å². The second-order valence-corrected chi connectivity index (χ2v) is 10.3. The SMILES string of the molecule is O=C(/C=C/c1ccccc1)Nc1cc(C(=O)NCc2ccco2)ccc1N1CC2CC(C1)c1cccc(=O)n1C2. The molecule has 2 aromatic heterocycles. The van der Waals surface area contributed by atoms with E-state index in [0.717, 1.165) is 29.9 Å². The minimum atomic E-state index is -0.285. The molecule has 2 aromatic carbocycles. The van der Waals surface area contributed by atoms with E-state index < -0.39 is 0 Å². The third-order valence-corrected chi connectivity index (χ3v) is 7.57. The van der Waals surface area contributed by atoms with Crippen LogP contribution in [-0.4, -0.2) is 29.5 Å². The standard InChI is InChI=1S/C32H30N4O4/c37-30(14-11-22-6-2-1-3-7-22)34-27-17-24(32(39)33-18-26-8-5-15-40-26)12-13-29(27)35-19-23-16-25(21-35)28-9-4-10-31(38)36(28)20-23/h1-15,17,23,25H,16,18-21H2,(H,33,39)(H,34,37)/b14-11+. The Morgan fingerprint density at radius 2 is 1.82 bits per heavy atom. The number of nitrogens with one attached hydrogen (secondary N) is 2. The highest BCUT2D eigenvalue weighted by Gasteiger charge is 2.35. The minimum Gasteiger partial charge on any atom is -0.467 e. The van der Waals surface area contributed by atoms with E-state index in [-0.39, 0.29) is 29.8 Å². The molecule has 8 heteroatoms. The van der Waals surface area contributed by atoms with Crippen LogP contribution in [0.5, 0.6) is 0 Å². The van der Waals surface area contributed by atoms with E-state index in [1.807, 2.05) is 53.1 Å². The summed E-state index contributed by atoms with van der Waals surface area (Å²) in [5.41, 5.74) is 3.88. The van der Waals surface area contributed by atoms with Crippen LogP contribution in [0.1, 0.15) is 39.7 Å². The number of furan rings is 1. The van der Waals surface area contributed by atoms with Gasteiger partial charge in [-0.2, -0.15) is 0 Å². The van der Waals surface area contributed by atoms with Gasteiger partial charge in [-0.3, -0.25) is 14.4 Å². The van der Waals surface area contributed by atoms with Crippen molar-refractivity contribution in [1.29, 1.82) is 0 Å². The number of rotatable bonds is 7. The average Bonchev–Trinajstić information content (AvgIpc) is 3.50. The number of fused-ring (bicyclic) bond motifs is 4. The lowest BCUT2D eigenvalue weighted by Gasteiger charge is -2.44. The predicted octanol–water partition coefficient (Wildman–Crippen LogP) is 4.65. The summed E-state index contributed by atoms with van der Waals surface area (Å²) >= 11 is 0. The van der Waals surface area contributed by atoms with Crippen molar-refractivity contribution in [1.82, 2.24) is 9.88 Å². The number of pyridine rings is 1. The lowest BCUT2D eigenvalue weighted by Crippen LogP contribution is -2.47. The van der Waals surface area contributed by atoms with Gasteiger partial charge in [-0.15, -0.1) is 0 Å². The van der Waals surface area contributed by atoms with Crippen LogP contribution < -0.4 is 21.1 Å². The van der Waals surface area contributed by atoms with Crippen molar-refractivity contribution in [2.45, 2.75) is 25.4 Å². The first-order valence-corrected chi connectivity index (χ1v) is 13.5. The monoisotopic (exact) mass is 534 g/mol. The molecule has 2 N–H and O–H groups in total. The third kappa shape index (κ3) is 5.47. The Balaban J connectivity index is 1.27. The second kappa shape index (κ2) is 11.1. The number of benzene rings is 2. The highest BCUT2D eigenvalue weighted by molar-refractivity contribution is 6.05. The quantitative estimate of drug-likeness (QED) is 0.337. The lowest BCUT2D eigenvalue weighted by atomic mass is 9.83. The number of aromatic nitrogens is 1. The Morgan fingerprint density at radius 3 is 2.65 bits per heavy atom. The van der Waals surface area contributed by atoms with Gasteiger partial charge >= 0.3 is 0 Å². The predicted molar refractivity (Wildman–Crippen MR) is 154 cm³/mol. The van der Waals surface area contributed by atoms with Crippen LogP contribution in [0.25, 0.3) is 6.08 Å². The number of hydrogen-bond acceptors (Lipinski definition) is 5. The maximum atomic E-state index is 13.0. The third-order valence-electron chi connectivity index (χ3n) is 7.57. The van der Waals surface area contributed by atoms with E-state index in [1.54, 1.807) is 42.7 Å². The molecule has 202 valence electrons. The molecule has 8 nitrogen and oxygen atoms in total. The zero-order valence-corrected chi connectivity index (χ0v) is 22.0. The second-order valence-electron chi connectivity index (χ2n) is 10.3. The summed E-state index contributed by atoms with van der Waals surface area (Å²) in [6.45, 7) is 2.41.